The van der Waals surface area contributed by atoms with E-state index in [1.807, 2.05) is 24.3 Å². The number of anilines is 1. The number of nitrogen functional groups attached to an aromatic ring is 1. The Kier molecular flexibility index (Phi) is 4.87. The number of rotatable bonds is 5. The van der Waals surface area contributed by atoms with E-state index in [0.717, 1.165) is 28.7 Å². The second kappa shape index (κ2) is 6.63. The molecule has 2 rings (SSSR count). The molecule has 0 saturated heterocycles. The van der Waals surface area contributed by atoms with Crippen LogP contribution in [0.4, 0.5) is 5.82 Å². The third-order valence-corrected chi connectivity index (χ3v) is 3.59. The first-order chi connectivity index (χ1) is 9.22. The molecule has 0 aromatic carbocycles. The molecule has 2 aromatic rings. The van der Waals surface area contributed by atoms with Crippen LogP contribution < -0.4 is 11.1 Å². The van der Waals surface area contributed by atoms with Crippen molar-refractivity contribution in [1.29, 1.82) is 0 Å². The summed E-state index contributed by atoms with van der Waals surface area (Å²) >= 11 is 3.55. The van der Waals surface area contributed by atoms with Gasteiger partial charge in [-0.05, 0) is 52.7 Å². The topological polar surface area (TPSA) is 63.8 Å². The van der Waals surface area contributed by atoms with Gasteiger partial charge in [0.2, 0.25) is 0 Å². The highest BCUT2D eigenvalue weighted by molar-refractivity contribution is 9.10. The lowest BCUT2D eigenvalue weighted by Crippen LogP contribution is -2.24. The molecule has 100 valence electrons. The van der Waals surface area contributed by atoms with Crippen molar-refractivity contribution in [3.63, 3.8) is 0 Å². The first-order valence-corrected chi connectivity index (χ1v) is 7.04. The van der Waals surface area contributed by atoms with E-state index in [4.69, 9.17) is 5.73 Å². The molecule has 2 heterocycles. The minimum absolute atomic E-state index is 0.118. The molecule has 0 spiro atoms. The fourth-order valence-electron chi connectivity index (χ4n) is 2.01. The molecular weight excluding hydrogens is 304 g/mol. The summed E-state index contributed by atoms with van der Waals surface area (Å²) in [5.41, 5.74) is 7.94. The van der Waals surface area contributed by atoms with Gasteiger partial charge >= 0.3 is 0 Å². The third-order valence-electron chi connectivity index (χ3n) is 2.92. The Morgan fingerprint density at radius 3 is 2.68 bits per heavy atom. The van der Waals surface area contributed by atoms with Crippen LogP contribution in [0.1, 0.15) is 24.2 Å². The Morgan fingerprint density at radius 1 is 1.26 bits per heavy atom. The minimum atomic E-state index is 0.118. The lowest BCUT2D eigenvalue weighted by Gasteiger charge is -2.19. The molecule has 0 aliphatic rings. The number of nitrogens with two attached hydrogens (primary N) is 1. The molecule has 4 nitrogen and oxygen atoms in total. The molecule has 3 N–H and O–H groups in total. The van der Waals surface area contributed by atoms with Crippen molar-refractivity contribution >= 4 is 21.7 Å². The van der Waals surface area contributed by atoms with Gasteiger partial charge in [0.1, 0.15) is 5.82 Å². The molecule has 19 heavy (non-hydrogen) atoms. The zero-order chi connectivity index (χ0) is 13.7. The van der Waals surface area contributed by atoms with Gasteiger partial charge in [-0.2, -0.15) is 0 Å². The van der Waals surface area contributed by atoms with Gasteiger partial charge in [-0.25, -0.2) is 4.98 Å². The number of hydrogen-bond donors (Lipinski definition) is 2. The van der Waals surface area contributed by atoms with Gasteiger partial charge in [-0.1, -0.05) is 13.0 Å². The summed E-state index contributed by atoms with van der Waals surface area (Å²) in [5, 5.41) is 3.44. The van der Waals surface area contributed by atoms with Crippen LogP contribution in [0.5, 0.6) is 0 Å². The predicted octanol–water partition coefficient (Wildman–Crippen LogP) is 2.71. The fourth-order valence-corrected chi connectivity index (χ4v) is 2.54. The van der Waals surface area contributed by atoms with Crippen LogP contribution in [0.3, 0.4) is 0 Å². The predicted molar refractivity (Wildman–Crippen MR) is 80.7 cm³/mol. The van der Waals surface area contributed by atoms with E-state index in [1.165, 1.54) is 0 Å². The minimum Gasteiger partial charge on any atom is -0.383 e. The molecule has 0 amide bonds. The van der Waals surface area contributed by atoms with Crippen molar-refractivity contribution < 1.29 is 0 Å². The summed E-state index contributed by atoms with van der Waals surface area (Å²) in [6, 6.07) is 7.94. The number of nitrogens with zero attached hydrogens (tertiary/aromatic N) is 2. The van der Waals surface area contributed by atoms with Crippen LogP contribution in [-0.2, 0) is 6.42 Å². The molecule has 0 saturated carbocycles. The average molecular weight is 321 g/mol. The molecule has 1 unspecified atom stereocenters. The molecule has 0 fully saturated rings. The zero-order valence-electron chi connectivity index (χ0n) is 10.8. The van der Waals surface area contributed by atoms with Crippen molar-refractivity contribution in [2.24, 2.45) is 0 Å². The largest absolute Gasteiger partial charge is 0.383 e. The second-order valence-corrected chi connectivity index (χ2v) is 5.09. The molecule has 0 aliphatic carbocycles. The maximum absolute atomic E-state index is 5.91. The number of aromatic nitrogens is 2. The van der Waals surface area contributed by atoms with E-state index in [2.05, 4.69) is 38.1 Å². The SMILES string of the molecule is CCNC(Cc1cccnc1N)c1ncccc1Br. The molecule has 0 aliphatic heterocycles. The van der Waals surface area contributed by atoms with E-state index in [1.54, 1.807) is 12.4 Å². The summed E-state index contributed by atoms with van der Waals surface area (Å²) in [4.78, 5) is 8.58. The normalized spacial score (nSPS) is 12.3. The first-order valence-electron chi connectivity index (χ1n) is 6.25. The molecule has 2 aromatic heterocycles. The van der Waals surface area contributed by atoms with Gasteiger partial charge in [-0.15, -0.1) is 0 Å². The highest BCUT2D eigenvalue weighted by Crippen LogP contribution is 2.25. The summed E-state index contributed by atoms with van der Waals surface area (Å²) in [5.74, 6) is 0.581. The summed E-state index contributed by atoms with van der Waals surface area (Å²) in [6.07, 6.45) is 4.28. The fraction of sp³-hybridized carbons (Fsp3) is 0.286. The van der Waals surface area contributed by atoms with E-state index in [0.29, 0.717) is 5.82 Å². The maximum Gasteiger partial charge on any atom is 0.126 e. The first kappa shape index (κ1) is 14.0. The monoisotopic (exact) mass is 320 g/mol. The average Bonchev–Trinajstić information content (AvgIpc) is 2.41. The van der Waals surface area contributed by atoms with Crippen LogP contribution in [0.15, 0.2) is 41.1 Å². The van der Waals surface area contributed by atoms with Crippen molar-refractivity contribution in [2.75, 3.05) is 12.3 Å². The van der Waals surface area contributed by atoms with Gasteiger partial charge < -0.3 is 11.1 Å². The third kappa shape index (κ3) is 3.52. The van der Waals surface area contributed by atoms with Gasteiger partial charge in [0.25, 0.3) is 0 Å². The Balaban J connectivity index is 2.27. The van der Waals surface area contributed by atoms with Gasteiger partial charge in [-0.3, -0.25) is 4.98 Å². The van der Waals surface area contributed by atoms with Crippen molar-refractivity contribution in [1.82, 2.24) is 15.3 Å². The van der Waals surface area contributed by atoms with E-state index < -0.39 is 0 Å². The molecular formula is C14H17BrN4. The van der Waals surface area contributed by atoms with Crippen molar-refractivity contribution in [2.45, 2.75) is 19.4 Å². The van der Waals surface area contributed by atoms with E-state index in [-0.39, 0.29) is 6.04 Å². The molecule has 5 heteroatoms. The van der Waals surface area contributed by atoms with Gasteiger partial charge in [0, 0.05) is 16.9 Å². The highest BCUT2D eigenvalue weighted by atomic mass is 79.9. The summed E-state index contributed by atoms with van der Waals surface area (Å²) in [7, 11) is 0. The number of hydrogen-bond acceptors (Lipinski definition) is 4. The standard InChI is InChI=1S/C14H17BrN4/c1-2-17-12(13-11(15)6-4-7-18-13)9-10-5-3-8-19-14(10)16/h3-8,12,17H,2,9H2,1H3,(H2,16,19). The highest BCUT2D eigenvalue weighted by Gasteiger charge is 2.16. The second-order valence-electron chi connectivity index (χ2n) is 4.23. The lowest BCUT2D eigenvalue weighted by molar-refractivity contribution is 0.534. The Morgan fingerprint density at radius 2 is 2.00 bits per heavy atom. The Labute approximate surface area is 121 Å². The quantitative estimate of drug-likeness (QED) is 0.889. The van der Waals surface area contributed by atoms with Crippen molar-refractivity contribution in [3.05, 3.63) is 52.4 Å². The summed E-state index contributed by atoms with van der Waals surface area (Å²) < 4.78 is 1.00. The Bertz CT molecular complexity index is 544. The van der Waals surface area contributed by atoms with E-state index in [9.17, 15) is 0 Å². The number of likely N-dealkylation sites (N-methyl/N-ethyl adjacent to an activating group) is 1. The van der Waals surface area contributed by atoms with E-state index >= 15 is 0 Å². The van der Waals surface area contributed by atoms with Crippen LogP contribution >= 0.6 is 15.9 Å². The zero-order valence-corrected chi connectivity index (χ0v) is 12.4. The number of nitrogens with one attached hydrogen (secondary N) is 1. The molecule has 0 bridgehead atoms. The van der Waals surface area contributed by atoms with Gasteiger partial charge in [0.15, 0.2) is 0 Å². The maximum atomic E-state index is 5.91. The summed E-state index contributed by atoms with van der Waals surface area (Å²) in [6.45, 7) is 2.95. The van der Waals surface area contributed by atoms with Crippen molar-refractivity contribution in [3.8, 4) is 0 Å². The molecule has 1 atom stereocenters. The smallest absolute Gasteiger partial charge is 0.126 e. The number of halogens is 1. The lowest BCUT2D eigenvalue weighted by atomic mass is 10.0. The van der Waals surface area contributed by atoms with Crippen LogP contribution in [0.25, 0.3) is 0 Å². The van der Waals surface area contributed by atoms with Crippen LogP contribution in [0, 0.1) is 0 Å². The number of pyridine rings is 2. The van der Waals surface area contributed by atoms with Crippen LogP contribution in [0.2, 0.25) is 0 Å². The molecule has 0 radical (unpaired) electrons. The van der Waals surface area contributed by atoms with Gasteiger partial charge in [0.05, 0.1) is 11.7 Å². The van der Waals surface area contributed by atoms with Crippen LogP contribution in [-0.4, -0.2) is 16.5 Å². The Hall–Kier alpha value is -1.46.